The SMILES string of the molecule is c1ccc(-c2cccc(N(c3ccccc3)c3cc(-n4c5ccccc5c5c(-c6ccccc6)cccc54)cc4c5ccccc5n(-c5cccnc5)c34)c2)cc1. The number of aromatic nitrogens is 3. The molecule has 4 heteroatoms. The van der Waals surface area contributed by atoms with Crippen LogP contribution in [0.2, 0.25) is 0 Å². The number of anilines is 3. The van der Waals surface area contributed by atoms with Crippen molar-refractivity contribution in [1.82, 2.24) is 14.1 Å². The quantitative estimate of drug-likeness (QED) is 0.163. The number of para-hydroxylation sites is 3. The number of nitrogens with zero attached hydrogens (tertiary/aromatic N) is 4. The van der Waals surface area contributed by atoms with E-state index in [2.05, 4.69) is 219 Å². The first-order chi connectivity index (χ1) is 28.3. The Labute approximate surface area is 330 Å². The van der Waals surface area contributed by atoms with Crippen LogP contribution in [0, 0.1) is 0 Å². The van der Waals surface area contributed by atoms with Gasteiger partial charge in [0.1, 0.15) is 0 Å². The van der Waals surface area contributed by atoms with Gasteiger partial charge in [-0.15, -0.1) is 0 Å². The van der Waals surface area contributed by atoms with Gasteiger partial charge in [-0.05, 0) is 89.0 Å². The van der Waals surface area contributed by atoms with E-state index in [-0.39, 0.29) is 0 Å². The molecule has 0 bridgehead atoms. The number of fused-ring (bicyclic) bond motifs is 6. The Morgan fingerprint density at radius 1 is 0.386 bits per heavy atom. The highest BCUT2D eigenvalue weighted by Crippen LogP contribution is 2.47. The van der Waals surface area contributed by atoms with Crippen LogP contribution in [0.5, 0.6) is 0 Å². The lowest BCUT2D eigenvalue weighted by Crippen LogP contribution is -2.12. The normalized spacial score (nSPS) is 11.5. The summed E-state index contributed by atoms with van der Waals surface area (Å²) in [4.78, 5) is 7.04. The van der Waals surface area contributed by atoms with Crippen LogP contribution >= 0.6 is 0 Å². The van der Waals surface area contributed by atoms with E-state index >= 15 is 0 Å². The largest absolute Gasteiger partial charge is 0.309 e. The molecule has 0 saturated carbocycles. The molecule has 0 saturated heterocycles. The Balaban J connectivity index is 1.29. The summed E-state index contributed by atoms with van der Waals surface area (Å²) in [6, 6.07) is 74.2. The predicted molar refractivity (Wildman–Crippen MR) is 238 cm³/mol. The fraction of sp³-hybridized carbons (Fsp3) is 0. The molecule has 0 radical (unpaired) electrons. The van der Waals surface area contributed by atoms with Crippen LogP contribution in [-0.2, 0) is 0 Å². The van der Waals surface area contributed by atoms with E-state index in [0.717, 1.165) is 61.5 Å². The van der Waals surface area contributed by atoms with Crippen LogP contribution in [-0.4, -0.2) is 14.1 Å². The Kier molecular flexibility index (Phi) is 7.78. The number of hydrogen-bond acceptors (Lipinski definition) is 2. The minimum Gasteiger partial charge on any atom is -0.309 e. The lowest BCUT2D eigenvalue weighted by molar-refractivity contribution is 1.13. The topological polar surface area (TPSA) is 26.0 Å². The maximum atomic E-state index is 4.61. The molecule has 57 heavy (non-hydrogen) atoms. The summed E-state index contributed by atoms with van der Waals surface area (Å²) in [6.45, 7) is 0. The monoisotopic (exact) mass is 728 g/mol. The highest BCUT2D eigenvalue weighted by Gasteiger charge is 2.25. The van der Waals surface area contributed by atoms with Gasteiger partial charge >= 0.3 is 0 Å². The van der Waals surface area contributed by atoms with Gasteiger partial charge in [-0.3, -0.25) is 4.98 Å². The van der Waals surface area contributed by atoms with Crippen LogP contribution in [0.15, 0.2) is 219 Å². The number of pyridine rings is 1. The lowest BCUT2D eigenvalue weighted by atomic mass is 9.99. The van der Waals surface area contributed by atoms with Crippen LogP contribution in [0.25, 0.3) is 77.2 Å². The summed E-state index contributed by atoms with van der Waals surface area (Å²) < 4.78 is 4.84. The number of benzene rings is 8. The molecule has 0 atom stereocenters. The molecule has 0 aliphatic heterocycles. The second-order valence-corrected chi connectivity index (χ2v) is 14.4. The molecule has 8 aromatic carbocycles. The highest BCUT2D eigenvalue weighted by molar-refractivity contribution is 6.18. The van der Waals surface area contributed by atoms with E-state index in [9.17, 15) is 0 Å². The Hall–Kier alpha value is -7.69. The van der Waals surface area contributed by atoms with Gasteiger partial charge in [-0.2, -0.15) is 0 Å². The first kappa shape index (κ1) is 32.7. The second-order valence-electron chi connectivity index (χ2n) is 14.4. The van der Waals surface area contributed by atoms with E-state index < -0.39 is 0 Å². The zero-order chi connectivity index (χ0) is 37.7. The molecule has 0 spiro atoms. The Bertz CT molecular complexity index is 3220. The van der Waals surface area contributed by atoms with Crippen molar-refractivity contribution in [3.05, 3.63) is 219 Å². The van der Waals surface area contributed by atoms with Gasteiger partial charge in [0.2, 0.25) is 0 Å². The molecule has 11 aromatic rings. The first-order valence-corrected chi connectivity index (χ1v) is 19.4. The number of hydrogen-bond donors (Lipinski definition) is 0. The zero-order valence-corrected chi connectivity index (χ0v) is 31.1. The summed E-state index contributed by atoms with van der Waals surface area (Å²) >= 11 is 0. The summed E-state index contributed by atoms with van der Waals surface area (Å²) in [7, 11) is 0. The third-order valence-electron chi connectivity index (χ3n) is 11.1. The molecule has 0 unspecified atom stereocenters. The van der Waals surface area contributed by atoms with Crippen LogP contribution in [0.1, 0.15) is 0 Å². The molecule has 0 amide bonds. The van der Waals surface area contributed by atoms with Crippen molar-refractivity contribution in [3.63, 3.8) is 0 Å². The van der Waals surface area contributed by atoms with Crippen molar-refractivity contribution in [2.45, 2.75) is 0 Å². The Morgan fingerprint density at radius 3 is 1.75 bits per heavy atom. The van der Waals surface area contributed by atoms with Gasteiger partial charge in [-0.1, -0.05) is 140 Å². The second kappa shape index (κ2) is 13.6. The summed E-state index contributed by atoms with van der Waals surface area (Å²) in [5.41, 5.74) is 14.6. The molecular weight excluding hydrogens is 693 g/mol. The van der Waals surface area contributed by atoms with Crippen LogP contribution in [0.3, 0.4) is 0 Å². The molecule has 4 nitrogen and oxygen atoms in total. The summed E-state index contributed by atoms with van der Waals surface area (Å²) in [6.07, 6.45) is 3.80. The van der Waals surface area contributed by atoms with Crippen molar-refractivity contribution in [3.8, 4) is 33.6 Å². The van der Waals surface area contributed by atoms with E-state index in [1.165, 1.54) is 32.8 Å². The molecule has 11 rings (SSSR count). The third kappa shape index (κ3) is 5.42. The maximum absolute atomic E-state index is 4.61. The van der Waals surface area contributed by atoms with Crippen molar-refractivity contribution < 1.29 is 0 Å². The fourth-order valence-corrected chi connectivity index (χ4v) is 8.73. The van der Waals surface area contributed by atoms with E-state index in [4.69, 9.17) is 0 Å². The van der Waals surface area contributed by atoms with Gasteiger partial charge in [0.15, 0.2) is 0 Å². The minimum absolute atomic E-state index is 1.01. The number of rotatable bonds is 7. The Morgan fingerprint density at radius 2 is 1.00 bits per heavy atom. The molecular formula is C53H36N4. The van der Waals surface area contributed by atoms with Gasteiger partial charge < -0.3 is 14.0 Å². The van der Waals surface area contributed by atoms with E-state index in [0.29, 0.717) is 0 Å². The molecule has 0 fully saturated rings. The minimum atomic E-state index is 1.01. The summed E-state index contributed by atoms with van der Waals surface area (Å²) in [5, 5.41) is 4.81. The fourth-order valence-electron chi connectivity index (χ4n) is 8.73. The molecule has 0 N–H and O–H groups in total. The van der Waals surface area contributed by atoms with Gasteiger partial charge in [0, 0.05) is 44.8 Å². The average Bonchev–Trinajstić information content (AvgIpc) is 3.81. The van der Waals surface area contributed by atoms with Crippen molar-refractivity contribution in [2.24, 2.45) is 0 Å². The molecule has 268 valence electrons. The average molecular weight is 729 g/mol. The van der Waals surface area contributed by atoms with Crippen molar-refractivity contribution >= 4 is 60.7 Å². The molecule has 0 aliphatic rings. The third-order valence-corrected chi connectivity index (χ3v) is 11.1. The van der Waals surface area contributed by atoms with Gasteiger partial charge in [-0.25, -0.2) is 0 Å². The smallest absolute Gasteiger partial charge is 0.0784 e. The molecule has 0 aliphatic carbocycles. The highest BCUT2D eigenvalue weighted by atomic mass is 15.2. The van der Waals surface area contributed by atoms with Crippen LogP contribution < -0.4 is 4.90 Å². The van der Waals surface area contributed by atoms with Crippen LogP contribution in [0.4, 0.5) is 17.1 Å². The lowest BCUT2D eigenvalue weighted by Gasteiger charge is -2.28. The maximum Gasteiger partial charge on any atom is 0.0784 e. The molecule has 3 heterocycles. The summed E-state index contributed by atoms with van der Waals surface area (Å²) in [5.74, 6) is 0. The van der Waals surface area contributed by atoms with Crippen molar-refractivity contribution in [1.29, 1.82) is 0 Å². The van der Waals surface area contributed by atoms with E-state index in [1.807, 2.05) is 18.5 Å². The van der Waals surface area contributed by atoms with E-state index in [1.54, 1.807) is 0 Å². The van der Waals surface area contributed by atoms with Gasteiger partial charge in [0.25, 0.3) is 0 Å². The molecule has 3 aromatic heterocycles. The van der Waals surface area contributed by atoms with Crippen molar-refractivity contribution in [2.75, 3.05) is 4.90 Å². The standard InChI is InChI=1S/C53H36N4/c1-4-17-37(18-5-1)39-21-14-24-41(33-39)55(40-22-8-3-9-23-40)51-35-43(34-47-45-26-10-12-29-48(45)57(53(47)51)42-25-16-32-54-36-42)56-49-30-13-11-27-46(49)52-44(28-15-31-50(52)56)38-19-6-2-7-20-38/h1-36H. The van der Waals surface area contributed by atoms with Gasteiger partial charge in [0.05, 0.1) is 39.6 Å². The first-order valence-electron chi connectivity index (χ1n) is 19.4. The zero-order valence-electron chi connectivity index (χ0n) is 31.1. The predicted octanol–water partition coefficient (Wildman–Crippen LogP) is 14.1.